The van der Waals surface area contributed by atoms with E-state index in [1.807, 2.05) is 60.7 Å². The molecule has 0 aliphatic carbocycles. The molecule has 2 aliphatic rings. The number of carbonyl (C=O) groups is 2. The van der Waals surface area contributed by atoms with Gasteiger partial charge in [-0.1, -0.05) is 72.4 Å². The standard InChI is InChI=1S/C23H22N6O4S/c1-28-23(25-26-27-28)34-13-16-12-32-21-17(24)20(30)29(21)18(16)22(31)33-19(14-8-4-2-5-9-14)15-10-6-3-7-11-15/h2-11,17,19,21H,12-13,24H2,1H3/t17-,21?/m0/s1. The maximum atomic E-state index is 13.6. The Morgan fingerprint density at radius 2 is 1.82 bits per heavy atom. The van der Waals surface area contributed by atoms with Gasteiger partial charge in [-0.25, -0.2) is 9.48 Å². The van der Waals surface area contributed by atoms with Crippen LogP contribution in [0, 0.1) is 0 Å². The van der Waals surface area contributed by atoms with Crippen LogP contribution in [0.15, 0.2) is 77.1 Å². The molecule has 34 heavy (non-hydrogen) atoms. The van der Waals surface area contributed by atoms with E-state index in [1.54, 1.807) is 7.05 Å². The summed E-state index contributed by atoms with van der Waals surface area (Å²) < 4.78 is 13.3. The summed E-state index contributed by atoms with van der Waals surface area (Å²) in [6, 6.07) is 18.1. The first-order valence-electron chi connectivity index (χ1n) is 10.6. The van der Waals surface area contributed by atoms with Crippen LogP contribution in [0.4, 0.5) is 0 Å². The van der Waals surface area contributed by atoms with Crippen molar-refractivity contribution in [3.63, 3.8) is 0 Å². The number of carbonyl (C=O) groups excluding carboxylic acids is 2. The Morgan fingerprint density at radius 3 is 2.41 bits per heavy atom. The van der Waals surface area contributed by atoms with E-state index < -0.39 is 24.3 Å². The van der Waals surface area contributed by atoms with Crippen molar-refractivity contribution in [3.8, 4) is 0 Å². The topological polar surface area (TPSA) is 125 Å². The molecular weight excluding hydrogens is 456 g/mol. The average Bonchev–Trinajstić information content (AvgIpc) is 3.30. The van der Waals surface area contributed by atoms with Gasteiger partial charge in [0.15, 0.2) is 12.3 Å². The number of nitrogens with zero attached hydrogens (tertiary/aromatic N) is 5. The molecule has 1 amide bonds. The molecule has 1 unspecified atom stereocenters. The number of rotatable bonds is 7. The van der Waals surface area contributed by atoms with Gasteiger partial charge in [0.05, 0.1) is 6.61 Å². The largest absolute Gasteiger partial charge is 0.448 e. The zero-order valence-electron chi connectivity index (χ0n) is 18.3. The molecule has 1 aromatic heterocycles. The summed E-state index contributed by atoms with van der Waals surface area (Å²) in [6.45, 7) is 0.145. The molecule has 10 nitrogen and oxygen atoms in total. The van der Waals surface area contributed by atoms with E-state index in [0.29, 0.717) is 16.5 Å². The van der Waals surface area contributed by atoms with Gasteiger partial charge >= 0.3 is 5.97 Å². The molecular formula is C23H22N6O4S. The van der Waals surface area contributed by atoms with Crippen LogP contribution in [0.2, 0.25) is 0 Å². The first kappa shape index (κ1) is 22.3. The molecule has 1 saturated heterocycles. The molecule has 0 bridgehead atoms. The Labute approximate surface area is 199 Å². The number of nitrogens with two attached hydrogens (primary N) is 1. The number of β-lactam (4-membered cyclic amide) rings is 1. The Balaban J connectivity index is 1.47. The quantitative estimate of drug-likeness (QED) is 0.305. The van der Waals surface area contributed by atoms with Crippen molar-refractivity contribution in [2.75, 3.05) is 12.4 Å². The van der Waals surface area contributed by atoms with Crippen LogP contribution in [-0.4, -0.2) is 61.6 Å². The van der Waals surface area contributed by atoms with Gasteiger partial charge < -0.3 is 15.2 Å². The first-order valence-corrected chi connectivity index (χ1v) is 11.6. The molecule has 5 rings (SSSR count). The number of hydrogen-bond acceptors (Lipinski definition) is 9. The Kier molecular flexibility index (Phi) is 6.14. The van der Waals surface area contributed by atoms with Crippen molar-refractivity contribution < 1.29 is 19.1 Å². The van der Waals surface area contributed by atoms with Crippen LogP contribution in [0.5, 0.6) is 0 Å². The normalized spacial score (nSPS) is 19.7. The van der Waals surface area contributed by atoms with Gasteiger partial charge in [0, 0.05) is 12.8 Å². The highest BCUT2D eigenvalue weighted by Gasteiger charge is 2.53. The predicted molar refractivity (Wildman–Crippen MR) is 122 cm³/mol. The van der Waals surface area contributed by atoms with Crippen molar-refractivity contribution in [1.82, 2.24) is 25.1 Å². The molecule has 3 aromatic rings. The number of tetrazole rings is 1. The summed E-state index contributed by atoms with van der Waals surface area (Å²) in [5.74, 6) is -0.653. The van der Waals surface area contributed by atoms with Crippen LogP contribution in [-0.2, 0) is 26.1 Å². The van der Waals surface area contributed by atoms with E-state index in [0.717, 1.165) is 11.1 Å². The van der Waals surface area contributed by atoms with Gasteiger partial charge in [-0.3, -0.25) is 9.69 Å². The molecule has 3 heterocycles. The zero-order chi connectivity index (χ0) is 23.7. The lowest BCUT2D eigenvalue weighted by Gasteiger charge is -2.48. The van der Waals surface area contributed by atoms with Gasteiger partial charge in [-0.15, -0.1) is 5.10 Å². The van der Waals surface area contributed by atoms with Gasteiger partial charge in [0.25, 0.3) is 5.91 Å². The second-order valence-electron chi connectivity index (χ2n) is 7.87. The summed E-state index contributed by atoms with van der Waals surface area (Å²) >= 11 is 1.33. The summed E-state index contributed by atoms with van der Waals surface area (Å²) in [4.78, 5) is 27.5. The molecule has 174 valence electrons. The molecule has 1 fully saturated rings. The van der Waals surface area contributed by atoms with Crippen molar-refractivity contribution in [2.24, 2.45) is 12.8 Å². The third kappa shape index (κ3) is 4.09. The third-order valence-electron chi connectivity index (χ3n) is 5.67. The van der Waals surface area contributed by atoms with Crippen LogP contribution < -0.4 is 5.73 Å². The molecule has 2 atom stereocenters. The molecule has 0 saturated carbocycles. The minimum absolute atomic E-state index is 0.145. The minimum atomic E-state index is -0.806. The first-order chi connectivity index (χ1) is 16.5. The summed E-state index contributed by atoms with van der Waals surface area (Å²) in [6.07, 6.45) is -1.34. The number of benzene rings is 2. The number of fused-ring (bicyclic) bond motifs is 1. The maximum absolute atomic E-state index is 13.6. The van der Waals surface area contributed by atoms with Crippen LogP contribution in [0.25, 0.3) is 0 Å². The summed E-state index contributed by atoms with van der Waals surface area (Å²) in [7, 11) is 1.72. The number of ether oxygens (including phenoxy) is 2. The van der Waals surface area contributed by atoms with E-state index in [9.17, 15) is 9.59 Å². The van der Waals surface area contributed by atoms with E-state index in [-0.39, 0.29) is 18.2 Å². The highest BCUT2D eigenvalue weighted by atomic mass is 32.2. The number of hydrogen-bond donors (Lipinski definition) is 1. The molecule has 2 aromatic carbocycles. The molecule has 2 aliphatic heterocycles. The predicted octanol–water partition coefficient (Wildman–Crippen LogP) is 1.41. The van der Waals surface area contributed by atoms with Crippen LogP contribution >= 0.6 is 11.8 Å². The minimum Gasteiger partial charge on any atom is -0.448 e. The number of thioether (sulfide) groups is 1. The van der Waals surface area contributed by atoms with Gasteiger partial charge in [-0.2, -0.15) is 0 Å². The Hall–Kier alpha value is -3.54. The molecule has 2 N–H and O–H groups in total. The number of aromatic nitrogens is 4. The lowest BCUT2D eigenvalue weighted by molar-refractivity contribution is -0.182. The Morgan fingerprint density at radius 1 is 1.18 bits per heavy atom. The van der Waals surface area contributed by atoms with Crippen molar-refractivity contribution >= 4 is 23.6 Å². The van der Waals surface area contributed by atoms with Gasteiger partial charge in [-0.05, 0) is 27.1 Å². The lowest BCUT2D eigenvalue weighted by Crippen LogP contribution is -2.71. The Bertz CT molecular complexity index is 1190. The summed E-state index contributed by atoms with van der Waals surface area (Å²) in [5.41, 5.74) is 8.32. The highest BCUT2D eigenvalue weighted by molar-refractivity contribution is 7.99. The highest BCUT2D eigenvalue weighted by Crippen LogP contribution is 2.36. The van der Waals surface area contributed by atoms with E-state index >= 15 is 0 Å². The van der Waals surface area contributed by atoms with E-state index in [2.05, 4.69) is 15.5 Å². The fourth-order valence-corrected chi connectivity index (χ4v) is 4.76. The van der Waals surface area contributed by atoms with Gasteiger partial charge in [0.2, 0.25) is 5.16 Å². The fraction of sp³-hybridized carbons (Fsp3) is 0.261. The van der Waals surface area contributed by atoms with Crippen LogP contribution in [0.3, 0.4) is 0 Å². The number of aryl methyl sites for hydroxylation is 1. The molecule has 0 spiro atoms. The number of amides is 1. The summed E-state index contributed by atoms with van der Waals surface area (Å²) in [5, 5.41) is 12.0. The molecule has 11 heteroatoms. The number of esters is 1. The van der Waals surface area contributed by atoms with Crippen molar-refractivity contribution in [1.29, 1.82) is 0 Å². The van der Waals surface area contributed by atoms with E-state index in [1.165, 1.54) is 21.3 Å². The van der Waals surface area contributed by atoms with E-state index in [4.69, 9.17) is 15.2 Å². The SMILES string of the molecule is Cn1nnnc1SCC1=C(C(=O)OC(c2ccccc2)c2ccccc2)N2C(=O)[C@H](N)C2OC1. The lowest BCUT2D eigenvalue weighted by atomic mass is 9.99. The smallest absolute Gasteiger partial charge is 0.356 e. The zero-order valence-corrected chi connectivity index (χ0v) is 19.1. The maximum Gasteiger partial charge on any atom is 0.356 e. The van der Waals surface area contributed by atoms with Crippen molar-refractivity contribution in [2.45, 2.75) is 23.5 Å². The second kappa shape index (κ2) is 9.37. The average molecular weight is 479 g/mol. The fourth-order valence-electron chi connectivity index (χ4n) is 3.92. The van der Waals surface area contributed by atoms with Gasteiger partial charge in [0.1, 0.15) is 11.7 Å². The third-order valence-corrected chi connectivity index (χ3v) is 6.76. The van der Waals surface area contributed by atoms with Crippen LogP contribution in [0.1, 0.15) is 17.2 Å². The monoisotopic (exact) mass is 478 g/mol. The van der Waals surface area contributed by atoms with Crippen molar-refractivity contribution in [3.05, 3.63) is 83.1 Å². The second-order valence-corrected chi connectivity index (χ2v) is 8.81. The molecule has 0 radical (unpaired) electrons.